The van der Waals surface area contributed by atoms with Crippen molar-refractivity contribution in [3.63, 3.8) is 0 Å². The molecule has 1 aliphatic carbocycles. The quantitative estimate of drug-likeness (QED) is 0.620. The minimum Gasteiger partial charge on any atom is -0.496 e. The third-order valence-electron chi connectivity index (χ3n) is 3.87. The number of methoxy groups -OCH3 is 1. The lowest BCUT2D eigenvalue weighted by molar-refractivity contribution is 0.0150. The molecule has 1 saturated carbocycles. The van der Waals surface area contributed by atoms with Crippen LogP contribution in [0.2, 0.25) is 0 Å². The monoisotopic (exact) mass is 281 g/mol. The van der Waals surface area contributed by atoms with Gasteiger partial charge in [0.1, 0.15) is 11.3 Å². The fourth-order valence-electron chi connectivity index (χ4n) is 3.01. The van der Waals surface area contributed by atoms with Crippen LogP contribution in [0, 0.1) is 0 Å². The molecular weight excluding hydrogens is 264 g/mol. The van der Waals surface area contributed by atoms with Gasteiger partial charge in [-0.25, -0.2) is 13.6 Å². The Hall–Kier alpha value is -1.74. The molecule has 1 aliphatic rings. The van der Waals surface area contributed by atoms with Crippen LogP contribution in [0.1, 0.15) is 43.7 Å². The molecule has 0 N–H and O–H groups in total. The van der Waals surface area contributed by atoms with Gasteiger partial charge in [-0.2, -0.15) is 4.99 Å². The lowest BCUT2D eigenvalue weighted by atomic mass is 9.83. The van der Waals surface area contributed by atoms with Gasteiger partial charge in [0.25, 0.3) is 5.92 Å². The molecular formula is C15H17F2NO2. The summed E-state index contributed by atoms with van der Waals surface area (Å²) in [6.07, 6.45) is 4.37. The van der Waals surface area contributed by atoms with E-state index in [-0.39, 0.29) is 5.56 Å². The number of rotatable bonds is 4. The van der Waals surface area contributed by atoms with Crippen LogP contribution in [0.4, 0.5) is 8.78 Å². The van der Waals surface area contributed by atoms with Crippen LogP contribution in [0.15, 0.2) is 23.2 Å². The maximum atomic E-state index is 13.9. The van der Waals surface area contributed by atoms with Crippen LogP contribution >= 0.6 is 0 Å². The van der Waals surface area contributed by atoms with Crippen molar-refractivity contribution in [2.75, 3.05) is 7.11 Å². The van der Waals surface area contributed by atoms with Crippen molar-refractivity contribution in [3.8, 4) is 5.75 Å². The molecule has 0 radical (unpaired) electrons. The highest BCUT2D eigenvalue weighted by molar-refractivity contribution is 5.50. The predicted octanol–water partition coefficient (Wildman–Crippen LogP) is 3.91. The minimum atomic E-state index is -3.02. The van der Waals surface area contributed by atoms with E-state index in [1.54, 1.807) is 12.1 Å². The van der Waals surface area contributed by atoms with E-state index in [0.29, 0.717) is 24.2 Å². The topological polar surface area (TPSA) is 38.7 Å². The first kappa shape index (κ1) is 14.7. The van der Waals surface area contributed by atoms with Gasteiger partial charge in [0.2, 0.25) is 6.08 Å². The van der Waals surface area contributed by atoms with Crippen molar-refractivity contribution in [2.24, 2.45) is 4.99 Å². The Balaban J connectivity index is 2.73. The molecule has 0 unspecified atom stereocenters. The highest BCUT2D eigenvalue weighted by atomic mass is 19.3. The van der Waals surface area contributed by atoms with Crippen molar-refractivity contribution in [3.05, 3.63) is 29.3 Å². The molecule has 0 atom stereocenters. The first-order valence-electron chi connectivity index (χ1n) is 6.59. The van der Waals surface area contributed by atoms with Crippen LogP contribution in [-0.2, 0) is 16.3 Å². The van der Waals surface area contributed by atoms with Crippen molar-refractivity contribution in [2.45, 2.75) is 44.1 Å². The zero-order valence-corrected chi connectivity index (χ0v) is 11.6. The number of isocyanates is 1. The lowest BCUT2D eigenvalue weighted by Crippen LogP contribution is -2.25. The van der Waals surface area contributed by atoms with E-state index in [4.69, 9.17) is 4.74 Å². The average Bonchev–Trinajstić information content (AvgIpc) is 2.87. The number of benzene rings is 1. The van der Waals surface area contributed by atoms with Gasteiger partial charge in [-0.15, -0.1) is 0 Å². The van der Waals surface area contributed by atoms with Crippen LogP contribution in [0.5, 0.6) is 5.75 Å². The van der Waals surface area contributed by atoms with Crippen LogP contribution in [-0.4, -0.2) is 13.2 Å². The van der Waals surface area contributed by atoms with Gasteiger partial charge in [-0.1, -0.05) is 25.0 Å². The standard InChI is InChI=1S/C15H17F2NO2/c1-14(16,17)11-6-5-7-12(20-2)13(11)15(18-10-19)8-3-4-9-15/h5-7H,3-4,8-9H2,1-2H3. The molecule has 1 aromatic rings. The minimum absolute atomic E-state index is 0.127. The summed E-state index contributed by atoms with van der Waals surface area (Å²) in [4.78, 5) is 14.7. The number of halogens is 2. The van der Waals surface area contributed by atoms with Gasteiger partial charge in [0, 0.05) is 18.1 Å². The van der Waals surface area contributed by atoms with Gasteiger partial charge in [-0.05, 0) is 18.9 Å². The number of ether oxygens (including phenoxy) is 1. The average molecular weight is 281 g/mol. The summed E-state index contributed by atoms with van der Waals surface area (Å²) >= 11 is 0. The fourth-order valence-corrected chi connectivity index (χ4v) is 3.01. The molecule has 5 heteroatoms. The van der Waals surface area contributed by atoms with Crippen molar-refractivity contribution in [1.29, 1.82) is 0 Å². The Morgan fingerprint density at radius 3 is 2.50 bits per heavy atom. The van der Waals surface area contributed by atoms with Gasteiger partial charge >= 0.3 is 0 Å². The molecule has 20 heavy (non-hydrogen) atoms. The second-order valence-corrected chi connectivity index (χ2v) is 5.21. The van der Waals surface area contributed by atoms with Crippen molar-refractivity contribution in [1.82, 2.24) is 0 Å². The number of alkyl halides is 2. The van der Waals surface area contributed by atoms with Gasteiger partial charge in [0.05, 0.1) is 7.11 Å². The van der Waals surface area contributed by atoms with Crippen LogP contribution in [0.3, 0.4) is 0 Å². The summed E-state index contributed by atoms with van der Waals surface area (Å²) in [6.45, 7) is 0.846. The molecule has 108 valence electrons. The largest absolute Gasteiger partial charge is 0.496 e. The first-order chi connectivity index (χ1) is 9.44. The number of hydrogen-bond acceptors (Lipinski definition) is 3. The Bertz CT molecular complexity index is 539. The second kappa shape index (κ2) is 5.33. The highest BCUT2D eigenvalue weighted by Gasteiger charge is 2.43. The van der Waals surface area contributed by atoms with E-state index in [0.717, 1.165) is 19.8 Å². The first-order valence-corrected chi connectivity index (χ1v) is 6.59. The Morgan fingerprint density at radius 1 is 1.35 bits per heavy atom. The molecule has 0 aliphatic heterocycles. The van der Waals surface area contributed by atoms with E-state index < -0.39 is 11.5 Å². The molecule has 1 fully saturated rings. The van der Waals surface area contributed by atoms with Crippen LogP contribution in [0.25, 0.3) is 0 Å². The van der Waals surface area contributed by atoms with Crippen LogP contribution < -0.4 is 4.74 Å². The summed E-state index contributed by atoms with van der Waals surface area (Å²) in [6, 6.07) is 4.53. The molecule has 2 rings (SSSR count). The Kier molecular flexibility index (Phi) is 3.91. The Labute approximate surface area is 116 Å². The van der Waals surface area contributed by atoms with Gasteiger partial charge in [0.15, 0.2) is 0 Å². The molecule has 0 heterocycles. The van der Waals surface area contributed by atoms with Crippen molar-refractivity contribution >= 4 is 6.08 Å². The maximum Gasteiger partial charge on any atom is 0.271 e. The third-order valence-corrected chi connectivity index (χ3v) is 3.87. The fraction of sp³-hybridized carbons (Fsp3) is 0.533. The summed E-state index contributed by atoms with van der Waals surface area (Å²) in [7, 11) is 1.43. The normalized spacial score (nSPS) is 17.6. The predicted molar refractivity (Wildman–Crippen MR) is 70.8 cm³/mol. The van der Waals surface area contributed by atoms with Crippen molar-refractivity contribution < 1.29 is 18.3 Å². The number of aliphatic imine (C=N–C) groups is 1. The molecule has 0 saturated heterocycles. The summed E-state index contributed by atoms with van der Waals surface area (Å²) in [5.74, 6) is -2.66. The molecule has 0 amide bonds. The molecule has 0 bridgehead atoms. The van der Waals surface area contributed by atoms with Gasteiger partial charge in [-0.3, -0.25) is 0 Å². The van der Waals surface area contributed by atoms with E-state index in [9.17, 15) is 13.6 Å². The molecule has 1 aromatic carbocycles. The maximum absolute atomic E-state index is 13.9. The lowest BCUT2D eigenvalue weighted by Gasteiger charge is -2.29. The third kappa shape index (κ3) is 2.46. The van der Waals surface area contributed by atoms with E-state index >= 15 is 0 Å². The zero-order chi connectivity index (χ0) is 14.8. The SMILES string of the molecule is COc1cccc(C(C)(F)F)c1C1(N=C=O)CCCC1. The Morgan fingerprint density at radius 2 is 2.00 bits per heavy atom. The smallest absolute Gasteiger partial charge is 0.271 e. The van der Waals surface area contributed by atoms with E-state index in [1.807, 2.05) is 0 Å². The number of hydrogen-bond donors (Lipinski definition) is 0. The summed E-state index contributed by atoms with van der Waals surface area (Å²) in [5.41, 5.74) is -0.725. The summed E-state index contributed by atoms with van der Waals surface area (Å²) in [5, 5.41) is 0. The second-order valence-electron chi connectivity index (χ2n) is 5.21. The molecule has 3 nitrogen and oxygen atoms in total. The number of carbonyl (C=O) groups excluding carboxylic acids is 1. The molecule has 0 aromatic heterocycles. The molecule has 0 spiro atoms. The van der Waals surface area contributed by atoms with Gasteiger partial charge < -0.3 is 4.74 Å². The highest BCUT2D eigenvalue weighted by Crippen LogP contribution is 2.49. The van der Waals surface area contributed by atoms with E-state index in [1.165, 1.54) is 19.2 Å². The summed E-state index contributed by atoms with van der Waals surface area (Å²) < 4.78 is 33.0. The zero-order valence-electron chi connectivity index (χ0n) is 11.6. The number of nitrogens with zero attached hydrogens (tertiary/aromatic N) is 1. The van der Waals surface area contributed by atoms with E-state index in [2.05, 4.69) is 4.99 Å².